The summed E-state index contributed by atoms with van der Waals surface area (Å²) in [6.07, 6.45) is 4.56. The molecule has 0 spiro atoms. The Bertz CT molecular complexity index is 2950. The Morgan fingerprint density at radius 1 is 0.356 bits per heavy atom. The Kier molecular flexibility index (Phi) is 23.0. The molecule has 1 heterocycles. The molecule has 0 unspecified atom stereocenters. The molecule has 20 nitrogen and oxygen atoms in total. The van der Waals surface area contributed by atoms with Gasteiger partial charge in [-0.05, 0) is 112 Å². The molecule has 4 aromatic carbocycles. The molecular formula is C70H88N8O12. The van der Waals surface area contributed by atoms with E-state index in [2.05, 4.69) is 21.3 Å². The number of nitrogens with zero attached hydrogens (tertiary/aromatic N) is 4. The maximum Gasteiger partial charge on any atom is 0.306 e. The third kappa shape index (κ3) is 17.5. The fraction of sp³-hybridized carbons (Fsp3) is 0.514. The average Bonchev–Trinajstić information content (AvgIpc) is 2.10. The summed E-state index contributed by atoms with van der Waals surface area (Å²) in [7, 11) is 6.63. The van der Waals surface area contributed by atoms with Crippen LogP contribution in [0.1, 0.15) is 125 Å². The minimum atomic E-state index is -1.13. The van der Waals surface area contributed by atoms with Crippen LogP contribution in [0.4, 0.5) is 0 Å². The molecule has 12 atom stereocenters. The molecule has 5 aliphatic rings. The van der Waals surface area contributed by atoms with Crippen LogP contribution in [0.2, 0.25) is 0 Å². The van der Waals surface area contributed by atoms with E-state index < -0.39 is 108 Å². The number of carbonyl (C=O) groups excluding carboxylic acids is 10. The van der Waals surface area contributed by atoms with Crippen molar-refractivity contribution in [2.75, 3.05) is 28.2 Å². The van der Waals surface area contributed by atoms with E-state index in [1.165, 1.54) is 0 Å². The molecular weight excluding hydrogens is 1140 g/mol. The van der Waals surface area contributed by atoms with Gasteiger partial charge in [-0.25, -0.2) is 0 Å². The number of rotatable bonds is 14. The minimum absolute atomic E-state index is 0.0379. The second-order valence-corrected chi connectivity index (χ2v) is 25.4. The third-order valence-corrected chi connectivity index (χ3v) is 19.5. The van der Waals surface area contributed by atoms with Gasteiger partial charge >= 0.3 is 11.9 Å². The van der Waals surface area contributed by atoms with Gasteiger partial charge in [0.1, 0.15) is 37.4 Å². The number of fused-ring (bicyclic) bond motifs is 8. The molecule has 8 bridgehead atoms. The van der Waals surface area contributed by atoms with Crippen LogP contribution in [0.15, 0.2) is 121 Å². The molecule has 480 valence electrons. The first kappa shape index (κ1) is 66.0. The van der Waals surface area contributed by atoms with E-state index in [0.29, 0.717) is 51.4 Å². The molecule has 4 aliphatic carbocycles. The van der Waals surface area contributed by atoms with E-state index in [4.69, 9.17) is 9.47 Å². The molecule has 1 aliphatic heterocycles. The summed E-state index contributed by atoms with van der Waals surface area (Å²) >= 11 is 0. The molecule has 1 saturated heterocycles. The van der Waals surface area contributed by atoms with Crippen molar-refractivity contribution in [2.24, 2.45) is 23.7 Å². The lowest BCUT2D eigenvalue weighted by molar-refractivity contribution is -0.147. The lowest BCUT2D eigenvalue weighted by Gasteiger charge is -2.31. The number of esters is 2. The summed E-state index contributed by atoms with van der Waals surface area (Å²) in [4.78, 5) is 150. The van der Waals surface area contributed by atoms with Crippen LogP contribution in [-0.2, 0) is 83.5 Å². The zero-order valence-electron chi connectivity index (χ0n) is 52.3. The molecule has 90 heavy (non-hydrogen) atoms. The highest BCUT2D eigenvalue weighted by Gasteiger charge is 2.44. The van der Waals surface area contributed by atoms with E-state index >= 15 is 0 Å². The smallest absolute Gasteiger partial charge is 0.306 e. The van der Waals surface area contributed by atoms with E-state index in [1.54, 1.807) is 47.8 Å². The Morgan fingerprint density at radius 3 is 0.878 bits per heavy atom. The van der Waals surface area contributed by atoms with Gasteiger partial charge in [0.2, 0.25) is 47.3 Å². The van der Waals surface area contributed by atoms with Crippen molar-refractivity contribution in [1.29, 1.82) is 0 Å². The standard InChI is InChI=1S/C70H88N8O12/c1-75-53-29-27-51(41-53)65(83)73-59(37-45-17-9-5-10-18-45)69(87)78(4)56-32-26-50(40-56)64(82)72-58(34-36-62(80)90-44-48-23-15-8-16-24-48)68(86)76(2)54-30-28-52(42-54)66(84)74-60(38-46-19-11-6-12-20-46)70(88)77(3)55-31-25-49(39-55)63(81)71-57(67(75)85)33-35-61(79)89-43-47-21-13-7-14-22-47/h5-24,49-60H,25-44H2,1-4H3,(H,71,81)(H,72,82)(H,73,83)(H,74,84)/t49-,50-,51-,52-,53+,54+,55+,56+,57-,58+,59-,60+/m1/s1. The lowest BCUT2D eigenvalue weighted by atomic mass is 10.0. The topological polar surface area (TPSA) is 250 Å². The van der Waals surface area contributed by atoms with Crippen LogP contribution in [-0.4, -0.2) is 155 Å². The van der Waals surface area contributed by atoms with Crippen LogP contribution in [0, 0.1) is 23.7 Å². The van der Waals surface area contributed by atoms with E-state index in [1.807, 2.05) is 121 Å². The third-order valence-electron chi connectivity index (χ3n) is 19.5. The number of carbonyl (C=O) groups is 10. The molecule has 0 radical (unpaired) electrons. The first-order valence-electron chi connectivity index (χ1n) is 32.1. The normalized spacial score (nSPS) is 27.7. The maximum atomic E-state index is 14.8. The number of amides is 8. The quantitative estimate of drug-likeness (QED) is 0.107. The number of ether oxygens (including phenoxy) is 2. The molecule has 20 heteroatoms. The molecule has 4 aromatic rings. The first-order valence-corrected chi connectivity index (χ1v) is 32.1. The maximum absolute atomic E-state index is 14.8. The van der Waals surface area contributed by atoms with Gasteiger partial charge in [-0.2, -0.15) is 0 Å². The van der Waals surface area contributed by atoms with Gasteiger partial charge in [0, 0.05) is 102 Å². The first-order chi connectivity index (χ1) is 43.4. The van der Waals surface area contributed by atoms with Gasteiger partial charge in [-0.15, -0.1) is 0 Å². The molecule has 8 amide bonds. The van der Waals surface area contributed by atoms with Gasteiger partial charge in [-0.1, -0.05) is 121 Å². The molecule has 4 saturated carbocycles. The van der Waals surface area contributed by atoms with Gasteiger partial charge in [-0.3, -0.25) is 47.9 Å². The Labute approximate surface area is 527 Å². The largest absolute Gasteiger partial charge is 0.461 e. The number of hydrogen-bond donors (Lipinski definition) is 4. The lowest BCUT2D eigenvalue weighted by Crippen LogP contribution is -2.53. The highest BCUT2D eigenvalue weighted by molar-refractivity contribution is 5.93. The summed E-state index contributed by atoms with van der Waals surface area (Å²) in [5.41, 5.74) is 3.24. The van der Waals surface area contributed by atoms with Gasteiger partial charge in [0.05, 0.1) is 0 Å². The summed E-state index contributed by atoms with van der Waals surface area (Å²) in [6, 6.07) is 31.3. The van der Waals surface area contributed by atoms with Crippen LogP contribution in [0.3, 0.4) is 0 Å². The SMILES string of the molecule is CN1C(=O)[C@H](CCC(=O)OCc2ccccc2)NC(=O)[C@@H]2CC[C@@H](C2)N(C)C(=O)[C@@H](Cc2ccccc2)NC(=O)[C@@H]2CC[C@@H](C2)N(C)C(=O)[C@@H](CCC(=O)OCc2ccccc2)NC(=O)[C@@H]2CC[C@@H](C2)N(C)C(=O)[C@H](Cc2ccccc2)NC(=O)[C@@H]2CC[C@H]1C2. The fourth-order valence-electron chi connectivity index (χ4n) is 13.8. The monoisotopic (exact) mass is 1230 g/mol. The van der Waals surface area contributed by atoms with E-state index in [-0.39, 0.29) is 101 Å². The van der Waals surface area contributed by atoms with Crippen molar-refractivity contribution in [3.8, 4) is 0 Å². The molecule has 4 N–H and O–H groups in total. The average molecular weight is 1230 g/mol. The second kappa shape index (κ2) is 31.4. The van der Waals surface area contributed by atoms with Crippen LogP contribution >= 0.6 is 0 Å². The van der Waals surface area contributed by atoms with Crippen molar-refractivity contribution in [3.63, 3.8) is 0 Å². The molecule has 0 aromatic heterocycles. The number of likely N-dealkylation sites (N-methyl/N-ethyl adjacent to an activating group) is 4. The zero-order chi connectivity index (χ0) is 63.8. The Hall–Kier alpha value is -8.42. The summed E-state index contributed by atoms with van der Waals surface area (Å²) in [6.45, 7) is 0.0757. The van der Waals surface area contributed by atoms with Gasteiger partial charge in [0.15, 0.2) is 0 Å². The summed E-state index contributed by atoms with van der Waals surface area (Å²) in [5, 5.41) is 12.1. The predicted molar refractivity (Wildman–Crippen MR) is 335 cm³/mol. The number of hydrogen-bond acceptors (Lipinski definition) is 12. The highest BCUT2D eigenvalue weighted by Crippen LogP contribution is 2.35. The minimum Gasteiger partial charge on any atom is -0.461 e. The van der Waals surface area contributed by atoms with Gasteiger partial charge < -0.3 is 50.3 Å². The predicted octanol–water partition coefficient (Wildman–Crippen LogP) is 5.98. The van der Waals surface area contributed by atoms with Crippen molar-refractivity contribution in [2.45, 2.75) is 177 Å². The van der Waals surface area contributed by atoms with Crippen LogP contribution in [0.25, 0.3) is 0 Å². The summed E-state index contributed by atoms with van der Waals surface area (Å²) < 4.78 is 11.2. The fourth-order valence-corrected chi connectivity index (χ4v) is 13.8. The second-order valence-electron chi connectivity index (χ2n) is 25.4. The van der Waals surface area contributed by atoms with Gasteiger partial charge in [0.25, 0.3) is 0 Å². The van der Waals surface area contributed by atoms with Crippen molar-refractivity contribution in [3.05, 3.63) is 144 Å². The van der Waals surface area contributed by atoms with Crippen molar-refractivity contribution in [1.82, 2.24) is 40.9 Å². The summed E-state index contributed by atoms with van der Waals surface area (Å²) in [5.74, 6) is -6.41. The number of benzene rings is 4. The molecule has 9 rings (SSSR count). The number of nitrogens with one attached hydrogen (secondary N) is 4. The van der Waals surface area contributed by atoms with E-state index in [9.17, 15) is 47.9 Å². The highest BCUT2D eigenvalue weighted by atomic mass is 16.5. The van der Waals surface area contributed by atoms with Crippen LogP contribution < -0.4 is 21.3 Å². The van der Waals surface area contributed by atoms with Crippen molar-refractivity contribution < 1.29 is 57.4 Å². The molecule has 5 fully saturated rings. The van der Waals surface area contributed by atoms with E-state index in [0.717, 1.165) is 22.3 Å². The zero-order valence-corrected chi connectivity index (χ0v) is 52.3. The van der Waals surface area contributed by atoms with Crippen molar-refractivity contribution >= 4 is 59.2 Å². The van der Waals surface area contributed by atoms with Crippen LogP contribution in [0.5, 0.6) is 0 Å². The Morgan fingerprint density at radius 2 is 0.600 bits per heavy atom. The Balaban J connectivity index is 0.962.